The molecule has 18 heteroatoms. The first kappa shape index (κ1) is 53.1. The Bertz CT molecular complexity index is 2770. The van der Waals surface area contributed by atoms with Gasteiger partial charge in [-0.25, -0.2) is 10.4 Å². The van der Waals surface area contributed by atoms with Crippen molar-refractivity contribution in [1.29, 1.82) is 0 Å². The summed E-state index contributed by atoms with van der Waals surface area (Å²) in [6, 6.07) is 7.55. The van der Waals surface area contributed by atoms with E-state index in [1.165, 1.54) is 12.8 Å². The third-order valence-corrected chi connectivity index (χ3v) is 19.2. The van der Waals surface area contributed by atoms with Crippen LogP contribution in [0.4, 0.5) is 5.69 Å². The molecular weight excluding hydrogens is 995 g/mol. The Kier molecular flexibility index (Phi) is 15.6. The molecule has 4 aromatic rings. The zero-order chi connectivity index (χ0) is 53.0. The van der Waals surface area contributed by atoms with E-state index in [1.807, 2.05) is 6.20 Å². The van der Waals surface area contributed by atoms with E-state index in [2.05, 4.69) is 87.3 Å². The molecule has 12 rings (SSSR count). The predicted octanol–water partition coefficient (Wildman–Crippen LogP) is 7.32. The van der Waals surface area contributed by atoms with Crippen LogP contribution in [0.1, 0.15) is 120 Å². The van der Waals surface area contributed by atoms with Gasteiger partial charge in [-0.15, -0.1) is 11.3 Å². The number of rotatable bonds is 13. The second kappa shape index (κ2) is 22.5. The van der Waals surface area contributed by atoms with E-state index in [-0.39, 0.29) is 54.5 Å². The van der Waals surface area contributed by atoms with Gasteiger partial charge in [0.1, 0.15) is 17.1 Å². The molecule has 3 aromatic heterocycles. The van der Waals surface area contributed by atoms with Gasteiger partial charge < -0.3 is 38.5 Å². The van der Waals surface area contributed by atoms with E-state index >= 15 is 4.79 Å². The van der Waals surface area contributed by atoms with Gasteiger partial charge in [-0.2, -0.15) is 0 Å². The summed E-state index contributed by atoms with van der Waals surface area (Å²) in [5.41, 5.74) is 10.8. The van der Waals surface area contributed by atoms with Crippen molar-refractivity contribution in [2.75, 3.05) is 90.9 Å². The number of nitrogens with zero attached hydrogens (tertiary/aromatic N) is 7. The maximum atomic E-state index is 15.3. The number of ether oxygens (including phenoxy) is 5. The molecular formula is C59H81N9O8S. The molecule has 17 nitrogen and oxygen atoms in total. The Morgan fingerprint density at radius 2 is 1.75 bits per heavy atom. The molecule has 8 atom stereocenters. The van der Waals surface area contributed by atoms with Gasteiger partial charge in [0.2, 0.25) is 5.91 Å². The van der Waals surface area contributed by atoms with Gasteiger partial charge in [-0.05, 0) is 120 Å². The lowest BCUT2D eigenvalue weighted by molar-refractivity contribution is -0.156. The molecule has 2 N–H and O–H groups in total. The normalized spacial score (nSPS) is 29.2. The number of carbonyl (C=O) groups is 3. The molecule has 6 bridgehead atoms. The largest absolute Gasteiger partial charge is 0.464 e. The fraction of sp³-hybridized carbons (Fsp3) is 0.678. The summed E-state index contributed by atoms with van der Waals surface area (Å²) >= 11 is 1.55. The number of cyclic esters (lactones) is 1. The number of hydrogen-bond acceptors (Lipinski definition) is 15. The van der Waals surface area contributed by atoms with E-state index < -0.39 is 29.5 Å². The number of methoxy groups -OCH3 is 1. The number of hydrazine groups is 1. The summed E-state index contributed by atoms with van der Waals surface area (Å²) in [6.45, 7) is 17.8. The number of benzene rings is 1. The van der Waals surface area contributed by atoms with Crippen LogP contribution >= 0.6 is 11.3 Å². The molecule has 0 unspecified atom stereocenters. The molecule has 77 heavy (non-hydrogen) atoms. The number of piperazine rings is 1. The Labute approximate surface area is 458 Å². The van der Waals surface area contributed by atoms with Gasteiger partial charge in [-0.1, -0.05) is 26.8 Å². The van der Waals surface area contributed by atoms with E-state index in [0.29, 0.717) is 52.2 Å². The van der Waals surface area contributed by atoms with E-state index in [0.717, 1.165) is 146 Å². The van der Waals surface area contributed by atoms with Gasteiger partial charge in [0.05, 0.1) is 66.5 Å². The third kappa shape index (κ3) is 11.1. The van der Waals surface area contributed by atoms with Crippen molar-refractivity contribution in [2.45, 2.75) is 147 Å². The number of likely N-dealkylation sites (tertiary alicyclic amines) is 1. The zero-order valence-electron chi connectivity index (χ0n) is 46.0. The number of esters is 1. The Morgan fingerprint density at radius 3 is 2.51 bits per heavy atom. The highest BCUT2D eigenvalue weighted by molar-refractivity contribution is 7.10. The molecule has 6 aliphatic heterocycles. The second-order valence-corrected chi connectivity index (χ2v) is 25.1. The minimum absolute atomic E-state index is 0.0602. The van der Waals surface area contributed by atoms with Gasteiger partial charge in [0.15, 0.2) is 0 Å². The standard InChI is InChI=1S/C59H81N9O8S/c1-36-49(48-11-9-26-75-48)50(36)55(69)62-52-54(66-18-6-7-19-66)56-61-46(34-77-56)38-12-15-47-42(30-38)44(32-59(3,4)35-76-58(71)45-10-8-20-68(63-45)57(52)70)53(67(47)25-29-74-41-16-27-73-28-17-41)43-31-40(33-60-51(43)37(2)72-5)65-23-21-64(22-24-65)39-13-14-39/h12,15,30-31,33-34,36-37,39,41,45,48-50,52,54,63H,6-11,13-14,16-29,32,35H2,1-5H3,(H,62,69)/t36-,37+,45+,48-,49-,50+,52+,54+/m1/s1. The topological polar surface area (TPSA) is 165 Å². The van der Waals surface area contributed by atoms with Crippen LogP contribution in [0, 0.1) is 23.2 Å². The molecule has 2 saturated carbocycles. The van der Waals surface area contributed by atoms with Crippen LogP contribution in [0.2, 0.25) is 0 Å². The molecule has 0 radical (unpaired) electrons. The van der Waals surface area contributed by atoms with Crippen molar-refractivity contribution in [3.05, 3.63) is 52.1 Å². The highest BCUT2D eigenvalue weighted by Crippen LogP contribution is 2.52. The van der Waals surface area contributed by atoms with Gasteiger partial charge in [0, 0.05) is 117 Å². The van der Waals surface area contributed by atoms with Crippen LogP contribution in [0.3, 0.4) is 0 Å². The van der Waals surface area contributed by atoms with Crippen molar-refractivity contribution in [1.82, 2.24) is 40.1 Å². The van der Waals surface area contributed by atoms with Crippen LogP contribution in [0.25, 0.3) is 33.4 Å². The number of anilines is 1. The number of nitrogens with one attached hydrogen (secondary N) is 2. The van der Waals surface area contributed by atoms with E-state index in [9.17, 15) is 9.59 Å². The minimum Gasteiger partial charge on any atom is -0.464 e. The molecule has 416 valence electrons. The average molecular weight is 1080 g/mol. The van der Waals surface area contributed by atoms with Crippen LogP contribution in [0.5, 0.6) is 0 Å². The summed E-state index contributed by atoms with van der Waals surface area (Å²) in [7, 11) is 1.75. The first-order valence-electron chi connectivity index (χ1n) is 29.2. The molecule has 0 spiro atoms. The molecule has 2 aliphatic carbocycles. The lowest BCUT2D eigenvalue weighted by Gasteiger charge is -2.39. The summed E-state index contributed by atoms with van der Waals surface area (Å²) in [6.07, 6.45) is 11.9. The summed E-state index contributed by atoms with van der Waals surface area (Å²) < 4.78 is 33.5. The van der Waals surface area contributed by atoms with Crippen LogP contribution in [-0.2, 0) is 51.0 Å². The number of pyridine rings is 1. The van der Waals surface area contributed by atoms with E-state index in [1.54, 1.807) is 23.5 Å². The molecule has 1 aromatic carbocycles. The Morgan fingerprint density at radius 1 is 0.948 bits per heavy atom. The molecule has 5 saturated heterocycles. The van der Waals surface area contributed by atoms with Gasteiger partial charge in [0.25, 0.3) is 5.91 Å². The quantitative estimate of drug-likeness (QED) is 0.128. The van der Waals surface area contributed by atoms with Crippen molar-refractivity contribution < 1.29 is 38.1 Å². The molecule has 7 fully saturated rings. The molecule has 8 aliphatic rings. The maximum Gasteiger partial charge on any atom is 0.324 e. The fourth-order valence-electron chi connectivity index (χ4n) is 13.7. The predicted molar refractivity (Wildman–Crippen MR) is 295 cm³/mol. The molecule has 2 amide bonds. The SMILES string of the molecule is CO[C@@H](C)c1ncc(N2CCN(C3CC3)CC2)cc1-c1c2c3cc(ccc3n1CCOC1CCOCC1)-c1csc(n1)[C@@H](N1CCCC1)[C@H](NC(=O)[C@H]1[C@H](C)[C@@H]1[C@H]1CCCO1)C(=O)N1CCC[C@H](N1)C(=O)OCC(C)(C)C2. The fourth-order valence-corrected chi connectivity index (χ4v) is 14.7. The van der Waals surface area contributed by atoms with Gasteiger partial charge in [-0.3, -0.25) is 34.2 Å². The number of hydrogen-bond donors (Lipinski definition) is 2. The van der Waals surface area contributed by atoms with Crippen LogP contribution in [-0.4, -0.2) is 163 Å². The number of fused-ring (bicyclic) bond motifs is 6. The lowest BCUT2D eigenvalue weighted by atomic mass is 9.84. The monoisotopic (exact) mass is 1080 g/mol. The third-order valence-electron chi connectivity index (χ3n) is 18.3. The van der Waals surface area contributed by atoms with Crippen molar-refractivity contribution in [3.63, 3.8) is 0 Å². The van der Waals surface area contributed by atoms with Crippen molar-refractivity contribution >= 4 is 45.7 Å². The number of aromatic nitrogens is 3. The van der Waals surface area contributed by atoms with Crippen molar-refractivity contribution in [3.8, 4) is 22.5 Å². The minimum atomic E-state index is -0.957. The Hall–Kier alpha value is -4.53. The highest BCUT2D eigenvalue weighted by atomic mass is 32.1. The highest BCUT2D eigenvalue weighted by Gasteiger charge is 2.57. The number of carbonyl (C=O) groups excluding carboxylic acids is 3. The van der Waals surface area contributed by atoms with Crippen LogP contribution < -0.4 is 15.6 Å². The first-order valence-corrected chi connectivity index (χ1v) is 30.0. The van der Waals surface area contributed by atoms with Gasteiger partial charge >= 0.3 is 5.97 Å². The molecule has 9 heterocycles. The summed E-state index contributed by atoms with van der Waals surface area (Å²) in [5, 5.41) is 8.92. The number of thiazole rings is 1. The van der Waals surface area contributed by atoms with E-state index in [4.69, 9.17) is 33.7 Å². The Balaban J connectivity index is 0.986. The lowest BCUT2D eigenvalue weighted by Crippen LogP contribution is -2.62. The first-order chi connectivity index (χ1) is 37.4. The average Bonchev–Trinajstić information content (AvgIpc) is 4.16. The zero-order valence-corrected chi connectivity index (χ0v) is 46.8. The number of amides is 2. The second-order valence-electron chi connectivity index (χ2n) is 24.2. The summed E-state index contributed by atoms with van der Waals surface area (Å²) in [4.78, 5) is 62.6. The summed E-state index contributed by atoms with van der Waals surface area (Å²) in [5.74, 6) is -0.752. The maximum absolute atomic E-state index is 15.3. The van der Waals surface area contributed by atoms with Crippen molar-refractivity contribution in [2.24, 2.45) is 23.2 Å². The smallest absolute Gasteiger partial charge is 0.324 e. The van der Waals surface area contributed by atoms with Crippen LogP contribution in [0.15, 0.2) is 35.8 Å².